The average molecular weight is 366 g/mol. The lowest BCUT2D eigenvalue weighted by Crippen LogP contribution is -2.48. The molecule has 2 aromatic rings. The zero-order valence-electron chi connectivity index (χ0n) is 15.9. The molecule has 4 rings (SSSR count). The standard InChI is InChI=1S/C21H26N4O2/c1-15-20(16(2)25(23-15)19-6-4-3-5-7-19)17-8-9-18(14-17)22-21(26)24-10-12-27-13-11-24/h3-9,17-18H,10-14H2,1-2H3,(H,22,26)/t17-,18-/m1/s1. The minimum atomic E-state index is 0.00187. The molecule has 1 N–H and O–H groups in total. The van der Waals surface area contributed by atoms with Crippen LogP contribution in [0.15, 0.2) is 42.5 Å². The lowest BCUT2D eigenvalue weighted by atomic mass is 9.96. The lowest BCUT2D eigenvalue weighted by molar-refractivity contribution is 0.0528. The zero-order valence-corrected chi connectivity index (χ0v) is 15.9. The Balaban J connectivity index is 1.46. The van der Waals surface area contributed by atoms with E-state index in [1.54, 1.807) is 0 Å². The summed E-state index contributed by atoms with van der Waals surface area (Å²) in [5.41, 5.74) is 4.54. The summed E-state index contributed by atoms with van der Waals surface area (Å²) in [5.74, 6) is 0.275. The van der Waals surface area contributed by atoms with E-state index in [2.05, 4.69) is 43.4 Å². The Morgan fingerprint density at radius 1 is 1.15 bits per heavy atom. The molecule has 1 aliphatic heterocycles. The van der Waals surface area contributed by atoms with Crippen LogP contribution in [0.2, 0.25) is 0 Å². The molecular formula is C21H26N4O2. The molecule has 2 amide bonds. The predicted octanol–water partition coefficient (Wildman–Crippen LogP) is 2.94. The third-order valence-electron chi connectivity index (χ3n) is 5.41. The second-order valence-electron chi connectivity index (χ2n) is 7.21. The van der Waals surface area contributed by atoms with Gasteiger partial charge in [-0.1, -0.05) is 30.4 Å². The van der Waals surface area contributed by atoms with Crippen LogP contribution >= 0.6 is 0 Å². The largest absolute Gasteiger partial charge is 0.378 e. The minimum absolute atomic E-state index is 0.00187. The number of allylic oxidation sites excluding steroid dienone is 1. The number of carbonyl (C=O) groups is 1. The second kappa shape index (κ2) is 7.56. The highest BCUT2D eigenvalue weighted by Crippen LogP contribution is 2.33. The summed E-state index contributed by atoms with van der Waals surface area (Å²) in [6, 6.07) is 10.3. The second-order valence-corrected chi connectivity index (χ2v) is 7.21. The molecule has 2 atom stereocenters. The summed E-state index contributed by atoms with van der Waals surface area (Å²) in [7, 11) is 0. The van der Waals surface area contributed by atoms with Crippen molar-refractivity contribution in [1.29, 1.82) is 0 Å². The van der Waals surface area contributed by atoms with Crippen molar-refractivity contribution in [2.24, 2.45) is 0 Å². The van der Waals surface area contributed by atoms with Crippen LogP contribution in [0.25, 0.3) is 5.69 Å². The number of carbonyl (C=O) groups excluding carboxylic acids is 1. The molecule has 0 spiro atoms. The van der Waals surface area contributed by atoms with Gasteiger partial charge in [0.2, 0.25) is 0 Å². The highest BCUT2D eigenvalue weighted by atomic mass is 16.5. The van der Waals surface area contributed by atoms with Crippen LogP contribution in [0, 0.1) is 13.8 Å². The number of hydrogen-bond donors (Lipinski definition) is 1. The first-order valence-electron chi connectivity index (χ1n) is 9.56. The van der Waals surface area contributed by atoms with Gasteiger partial charge in [0, 0.05) is 36.3 Å². The van der Waals surface area contributed by atoms with Crippen molar-refractivity contribution in [3.05, 3.63) is 59.4 Å². The van der Waals surface area contributed by atoms with E-state index >= 15 is 0 Å². The molecule has 27 heavy (non-hydrogen) atoms. The Morgan fingerprint density at radius 3 is 2.63 bits per heavy atom. The molecule has 0 bridgehead atoms. The zero-order chi connectivity index (χ0) is 18.8. The number of nitrogens with zero attached hydrogens (tertiary/aromatic N) is 3. The highest BCUT2D eigenvalue weighted by Gasteiger charge is 2.28. The molecule has 2 aliphatic rings. The van der Waals surface area contributed by atoms with E-state index in [1.807, 2.05) is 27.8 Å². The van der Waals surface area contributed by atoms with Gasteiger partial charge in [-0.25, -0.2) is 9.48 Å². The number of benzene rings is 1. The van der Waals surface area contributed by atoms with E-state index < -0.39 is 0 Å². The summed E-state index contributed by atoms with van der Waals surface area (Å²) in [6.07, 6.45) is 5.19. The summed E-state index contributed by atoms with van der Waals surface area (Å²) in [5, 5.41) is 7.90. The Labute approximate surface area is 159 Å². The van der Waals surface area contributed by atoms with E-state index in [0.29, 0.717) is 26.3 Å². The number of ether oxygens (including phenoxy) is 1. The van der Waals surface area contributed by atoms with Crippen LogP contribution < -0.4 is 5.32 Å². The fraction of sp³-hybridized carbons (Fsp3) is 0.429. The van der Waals surface area contributed by atoms with Gasteiger partial charge in [0.25, 0.3) is 0 Å². The maximum Gasteiger partial charge on any atom is 0.318 e. The number of aromatic nitrogens is 2. The third kappa shape index (κ3) is 3.62. The van der Waals surface area contributed by atoms with Crippen molar-refractivity contribution < 1.29 is 9.53 Å². The molecule has 142 valence electrons. The Morgan fingerprint density at radius 2 is 1.89 bits per heavy atom. The van der Waals surface area contributed by atoms with Crippen molar-refractivity contribution >= 4 is 6.03 Å². The first kappa shape index (κ1) is 17.8. The summed E-state index contributed by atoms with van der Waals surface area (Å²) >= 11 is 0. The molecule has 1 aromatic heterocycles. The molecule has 6 heteroatoms. The number of morpholine rings is 1. The fourth-order valence-corrected chi connectivity index (χ4v) is 4.05. The molecule has 0 unspecified atom stereocenters. The molecule has 1 aliphatic carbocycles. The van der Waals surface area contributed by atoms with Crippen LogP contribution in [0.3, 0.4) is 0 Å². The number of hydrogen-bond acceptors (Lipinski definition) is 3. The quantitative estimate of drug-likeness (QED) is 0.850. The SMILES string of the molecule is Cc1nn(-c2ccccc2)c(C)c1[C@@H]1C=C[C@@H](NC(=O)N2CCOCC2)C1. The van der Waals surface area contributed by atoms with Crippen molar-refractivity contribution in [3.8, 4) is 5.69 Å². The number of amides is 2. The molecule has 1 saturated heterocycles. The molecule has 2 heterocycles. The monoisotopic (exact) mass is 366 g/mol. The van der Waals surface area contributed by atoms with Gasteiger partial charge in [-0.2, -0.15) is 5.10 Å². The number of aryl methyl sites for hydroxylation is 1. The molecule has 6 nitrogen and oxygen atoms in total. The van der Waals surface area contributed by atoms with Crippen molar-refractivity contribution in [2.45, 2.75) is 32.2 Å². The number of urea groups is 1. The third-order valence-corrected chi connectivity index (χ3v) is 5.41. The molecule has 0 radical (unpaired) electrons. The summed E-state index contributed by atoms with van der Waals surface area (Å²) in [4.78, 5) is 14.3. The molecular weight excluding hydrogens is 340 g/mol. The average Bonchev–Trinajstić information content (AvgIpc) is 3.26. The van der Waals surface area contributed by atoms with E-state index in [1.165, 1.54) is 5.56 Å². The van der Waals surface area contributed by atoms with E-state index in [9.17, 15) is 4.79 Å². The predicted molar refractivity (Wildman–Crippen MR) is 104 cm³/mol. The van der Waals surface area contributed by atoms with Crippen LogP contribution in [-0.4, -0.2) is 53.1 Å². The van der Waals surface area contributed by atoms with Crippen LogP contribution in [0.5, 0.6) is 0 Å². The normalized spacial score (nSPS) is 22.2. The van der Waals surface area contributed by atoms with Crippen LogP contribution in [0.4, 0.5) is 4.79 Å². The van der Waals surface area contributed by atoms with Gasteiger partial charge in [-0.05, 0) is 32.4 Å². The number of rotatable bonds is 3. The number of nitrogens with one attached hydrogen (secondary N) is 1. The van der Waals surface area contributed by atoms with Crippen molar-refractivity contribution in [2.75, 3.05) is 26.3 Å². The van der Waals surface area contributed by atoms with Gasteiger partial charge >= 0.3 is 6.03 Å². The molecule has 1 aromatic carbocycles. The van der Waals surface area contributed by atoms with Crippen LogP contribution in [0.1, 0.15) is 29.3 Å². The summed E-state index contributed by atoms with van der Waals surface area (Å²) < 4.78 is 7.33. The highest BCUT2D eigenvalue weighted by molar-refractivity contribution is 5.75. The molecule has 1 fully saturated rings. The van der Waals surface area contributed by atoms with Crippen LogP contribution in [-0.2, 0) is 4.74 Å². The fourth-order valence-electron chi connectivity index (χ4n) is 4.05. The van der Waals surface area contributed by atoms with E-state index in [4.69, 9.17) is 9.84 Å². The van der Waals surface area contributed by atoms with Gasteiger partial charge in [-0.15, -0.1) is 0 Å². The first-order chi connectivity index (χ1) is 13.1. The topological polar surface area (TPSA) is 59.4 Å². The van der Waals surface area contributed by atoms with Gasteiger partial charge < -0.3 is 15.0 Å². The minimum Gasteiger partial charge on any atom is -0.378 e. The Kier molecular flexibility index (Phi) is 4.99. The first-order valence-corrected chi connectivity index (χ1v) is 9.56. The molecule has 0 saturated carbocycles. The number of para-hydroxylation sites is 1. The lowest BCUT2D eigenvalue weighted by Gasteiger charge is -2.28. The smallest absolute Gasteiger partial charge is 0.318 e. The van der Waals surface area contributed by atoms with Gasteiger partial charge in [0.15, 0.2) is 0 Å². The summed E-state index contributed by atoms with van der Waals surface area (Å²) in [6.45, 7) is 6.74. The Bertz CT molecular complexity index is 837. The van der Waals surface area contributed by atoms with Crippen molar-refractivity contribution in [3.63, 3.8) is 0 Å². The maximum atomic E-state index is 12.4. The van der Waals surface area contributed by atoms with Gasteiger partial charge in [0.1, 0.15) is 0 Å². The maximum absolute atomic E-state index is 12.4. The van der Waals surface area contributed by atoms with E-state index in [0.717, 1.165) is 23.5 Å². The van der Waals surface area contributed by atoms with Crippen molar-refractivity contribution in [1.82, 2.24) is 20.0 Å². The van der Waals surface area contributed by atoms with Gasteiger partial charge in [-0.3, -0.25) is 0 Å². The van der Waals surface area contributed by atoms with E-state index in [-0.39, 0.29) is 18.0 Å². The van der Waals surface area contributed by atoms with Gasteiger partial charge in [0.05, 0.1) is 24.6 Å². The Hall–Kier alpha value is -2.60.